The van der Waals surface area contributed by atoms with Gasteiger partial charge in [-0.15, -0.1) is 11.3 Å². The van der Waals surface area contributed by atoms with Gasteiger partial charge in [-0.25, -0.2) is 14.3 Å². The Morgan fingerprint density at radius 2 is 2.22 bits per heavy atom. The van der Waals surface area contributed by atoms with Crippen LogP contribution in [0.1, 0.15) is 16.3 Å². The average Bonchev–Trinajstić information content (AvgIpc) is 2.97. The predicted octanol–water partition coefficient (Wildman–Crippen LogP) is 2.46. The van der Waals surface area contributed by atoms with Crippen molar-refractivity contribution in [2.45, 2.75) is 6.92 Å². The third-order valence-electron chi connectivity index (χ3n) is 2.63. The van der Waals surface area contributed by atoms with Crippen LogP contribution in [0.15, 0.2) is 29.6 Å². The fourth-order valence-electron chi connectivity index (χ4n) is 1.83. The van der Waals surface area contributed by atoms with Gasteiger partial charge in [-0.05, 0) is 30.5 Å². The second kappa shape index (κ2) is 3.92. The molecule has 3 aromatic heterocycles. The van der Waals surface area contributed by atoms with E-state index in [1.165, 1.54) is 0 Å². The Labute approximate surface area is 106 Å². The topological polar surface area (TPSA) is 67.5 Å². The molecular weight excluding hydrogens is 250 g/mol. The van der Waals surface area contributed by atoms with Crippen LogP contribution in [0.3, 0.4) is 0 Å². The number of carboxylic acid groups (broad SMARTS) is 1. The molecule has 5 nitrogen and oxygen atoms in total. The van der Waals surface area contributed by atoms with Crippen LogP contribution in [-0.4, -0.2) is 25.7 Å². The van der Waals surface area contributed by atoms with E-state index in [-0.39, 0.29) is 5.69 Å². The highest BCUT2D eigenvalue weighted by atomic mass is 32.1. The molecule has 0 aliphatic heterocycles. The number of hydrogen-bond acceptors (Lipinski definition) is 4. The molecular formula is C12H9N3O2S. The summed E-state index contributed by atoms with van der Waals surface area (Å²) in [6.45, 7) is 1.74. The van der Waals surface area contributed by atoms with Crippen LogP contribution in [0.2, 0.25) is 0 Å². The van der Waals surface area contributed by atoms with Crippen molar-refractivity contribution in [1.82, 2.24) is 14.6 Å². The lowest BCUT2D eigenvalue weighted by Crippen LogP contribution is -1.98. The molecule has 1 N–H and O–H groups in total. The lowest BCUT2D eigenvalue weighted by atomic mass is 10.3. The quantitative estimate of drug-likeness (QED) is 0.767. The summed E-state index contributed by atoms with van der Waals surface area (Å²) in [6, 6.07) is 7.48. The van der Waals surface area contributed by atoms with Gasteiger partial charge >= 0.3 is 5.97 Å². The van der Waals surface area contributed by atoms with Gasteiger partial charge in [-0.2, -0.15) is 5.10 Å². The Bertz CT molecular complexity index is 731. The number of thiophene rings is 1. The first-order valence-corrected chi connectivity index (χ1v) is 6.18. The van der Waals surface area contributed by atoms with E-state index in [4.69, 9.17) is 5.11 Å². The Morgan fingerprint density at radius 1 is 1.39 bits per heavy atom. The van der Waals surface area contributed by atoms with Gasteiger partial charge in [-0.1, -0.05) is 6.07 Å². The molecule has 0 amide bonds. The van der Waals surface area contributed by atoms with Gasteiger partial charge in [-0.3, -0.25) is 0 Å². The highest BCUT2D eigenvalue weighted by Gasteiger charge is 2.16. The van der Waals surface area contributed by atoms with Crippen molar-refractivity contribution in [3.63, 3.8) is 0 Å². The number of rotatable bonds is 2. The number of imidazole rings is 1. The Kier molecular flexibility index (Phi) is 2.38. The lowest BCUT2D eigenvalue weighted by Gasteiger charge is -1.99. The number of aryl methyl sites for hydroxylation is 1. The minimum absolute atomic E-state index is 0.0396. The summed E-state index contributed by atoms with van der Waals surface area (Å²) in [5.74, 6) is -0.466. The lowest BCUT2D eigenvalue weighted by molar-refractivity contribution is 0.0693. The molecule has 18 heavy (non-hydrogen) atoms. The van der Waals surface area contributed by atoms with Gasteiger partial charge in [0, 0.05) is 0 Å². The first kappa shape index (κ1) is 10.9. The van der Waals surface area contributed by atoms with Gasteiger partial charge < -0.3 is 5.11 Å². The number of nitrogens with zero attached hydrogens (tertiary/aromatic N) is 3. The van der Waals surface area contributed by atoms with Gasteiger partial charge in [0.25, 0.3) is 0 Å². The fourth-order valence-corrected chi connectivity index (χ4v) is 2.52. The van der Waals surface area contributed by atoms with Crippen LogP contribution < -0.4 is 0 Å². The van der Waals surface area contributed by atoms with Crippen LogP contribution in [0, 0.1) is 6.92 Å². The summed E-state index contributed by atoms with van der Waals surface area (Å²) >= 11 is 1.59. The van der Waals surface area contributed by atoms with Gasteiger partial charge in [0.2, 0.25) is 0 Å². The van der Waals surface area contributed by atoms with Crippen LogP contribution in [0.25, 0.3) is 16.1 Å². The molecule has 0 saturated carbocycles. The van der Waals surface area contributed by atoms with Crippen molar-refractivity contribution in [1.29, 1.82) is 0 Å². The van der Waals surface area contributed by atoms with Crippen LogP contribution >= 0.6 is 11.3 Å². The predicted molar refractivity (Wildman–Crippen MR) is 68.0 cm³/mol. The number of aromatic nitrogens is 3. The van der Waals surface area contributed by atoms with E-state index in [2.05, 4.69) is 10.1 Å². The van der Waals surface area contributed by atoms with Crippen molar-refractivity contribution in [3.05, 3.63) is 41.2 Å². The maximum Gasteiger partial charge on any atom is 0.356 e. The van der Waals surface area contributed by atoms with Gasteiger partial charge in [0.1, 0.15) is 11.5 Å². The Balaban J connectivity index is 2.25. The number of fused-ring (bicyclic) bond motifs is 1. The van der Waals surface area contributed by atoms with Gasteiger partial charge in [0.15, 0.2) is 5.69 Å². The highest BCUT2D eigenvalue weighted by Crippen LogP contribution is 2.23. The Morgan fingerprint density at radius 3 is 2.89 bits per heavy atom. The van der Waals surface area contributed by atoms with Crippen molar-refractivity contribution >= 4 is 22.8 Å². The molecule has 0 aromatic carbocycles. The second-order valence-corrected chi connectivity index (χ2v) is 4.75. The average molecular weight is 259 g/mol. The number of carboxylic acids is 1. The molecule has 0 radical (unpaired) electrons. The van der Waals surface area contributed by atoms with E-state index in [1.807, 2.05) is 23.6 Å². The second-order valence-electron chi connectivity index (χ2n) is 3.81. The smallest absolute Gasteiger partial charge is 0.356 e. The zero-order valence-electron chi connectivity index (χ0n) is 9.49. The van der Waals surface area contributed by atoms with E-state index in [0.717, 1.165) is 10.6 Å². The normalized spacial score (nSPS) is 10.9. The third-order valence-corrected chi connectivity index (χ3v) is 3.53. The molecule has 0 aliphatic rings. The summed E-state index contributed by atoms with van der Waals surface area (Å²) in [5.41, 5.74) is 1.37. The van der Waals surface area contributed by atoms with Gasteiger partial charge in [0.05, 0.1) is 10.4 Å². The zero-order chi connectivity index (χ0) is 12.7. The molecule has 0 aliphatic carbocycles. The molecule has 3 aromatic rings. The minimum Gasteiger partial charge on any atom is -0.476 e. The van der Waals surface area contributed by atoms with Crippen molar-refractivity contribution in [2.75, 3.05) is 0 Å². The van der Waals surface area contributed by atoms with Crippen LogP contribution in [0.4, 0.5) is 0 Å². The van der Waals surface area contributed by atoms with Crippen LogP contribution in [-0.2, 0) is 0 Å². The van der Waals surface area contributed by atoms with E-state index >= 15 is 0 Å². The minimum atomic E-state index is -1.04. The fraction of sp³-hybridized carbons (Fsp3) is 0.0833. The molecule has 3 rings (SSSR count). The molecule has 0 bridgehead atoms. The molecule has 0 spiro atoms. The van der Waals surface area contributed by atoms with E-state index in [0.29, 0.717) is 11.3 Å². The summed E-state index contributed by atoms with van der Waals surface area (Å²) < 4.78 is 1.57. The number of aromatic carboxylic acids is 1. The summed E-state index contributed by atoms with van der Waals surface area (Å²) in [7, 11) is 0. The maximum absolute atomic E-state index is 11.0. The summed E-state index contributed by atoms with van der Waals surface area (Å²) in [4.78, 5) is 16.1. The molecule has 6 heteroatoms. The summed E-state index contributed by atoms with van der Waals surface area (Å²) in [6.07, 6.45) is 0. The molecule has 3 heterocycles. The molecule has 0 atom stereocenters. The highest BCUT2D eigenvalue weighted by molar-refractivity contribution is 7.13. The SMILES string of the molecule is Cc1nc(C(=O)O)c2ccc(-c3cccs3)nn12. The van der Waals surface area contributed by atoms with E-state index in [9.17, 15) is 4.79 Å². The summed E-state index contributed by atoms with van der Waals surface area (Å²) in [5, 5.41) is 15.4. The van der Waals surface area contributed by atoms with Crippen molar-refractivity contribution < 1.29 is 9.90 Å². The Hall–Kier alpha value is -2.21. The first-order chi connectivity index (χ1) is 8.66. The van der Waals surface area contributed by atoms with Crippen LogP contribution in [0.5, 0.6) is 0 Å². The molecule has 0 saturated heterocycles. The van der Waals surface area contributed by atoms with E-state index in [1.54, 1.807) is 28.8 Å². The van der Waals surface area contributed by atoms with Crippen molar-refractivity contribution in [2.24, 2.45) is 0 Å². The maximum atomic E-state index is 11.0. The third kappa shape index (κ3) is 1.58. The largest absolute Gasteiger partial charge is 0.476 e. The van der Waals surface area contributed by atoms with Crippen molar-refractivity contribution in [3.8, 4) is 10.6 Å². The van der Waals surface area contributed by atoms with E-state index < -0.39 is 5.97 Å². The zero-order valence-corrected chi connectivity index (χ0v) is 10.3. The first-order valence-electron chi connectivity index (χ1n) is 5.30. The standard InChI is InChI=1S/C12H9N3O2S/c1-7-13-11(12(16)17)9-5-4-8(14-15(7)9)10-3-2-6-18-10/h2-6H,1H3,(H,16,17). The number of hydrogen-bond donors (Lipinski definition) is 1. The molecule has 90 valence electrons. The monoisotopic (exact) mass is 259 g/mol. The molecule has 0 unspecified atom stereocenters. The molecule has 0 fully saturated rings. The number of carbonyl (C=O) groups is 1.